The van der Waals surface area contributed by atoms with Gasteiger partial charge in [0.05, 0.1) is 18.0 Å². The summed E-state index contributed by atoms with van der Waals surface area (Å²) in [4.78, 5) is 0. The third-order valence-corrected chi connectivity index (χ3v) is 4.60. The summed E-state index contributed by atoms with van der Waals surface area (Å²) in [6.45, 7) is 1.71. The Hall–Kier alpha value is -0.750. The Morgan fingerprint density at radius 3 is 2.55 bits per heavy atom. The molecule has 7 atom stereocenters. The molecule has 0 spiro atoms. The number of hydrogen-bond donors (Lipinski definition) is 5. The van der Waals surface area contributed by atoms with E-state index in [-0.39, 0.29) is 6.54 Å². The number of aromatic nitrogens is 3. The van der Waals surface area contributed by atoms with Crippen LogP contribution in [-0.4, -0.2) is 77.6 Å². The summed E-state index contributed by atoms with van der Waals surface area (Å²) >= 11 is 1.21. The summed E-state index contributed by atoms with van der Waals surface area (Å²) in [7, 11) is 0. The van der Waals surface area contributed by atoms with E-state index in [1.807, 2.05) is 0 Å². The highest BCUT2D eigenvalue weighted by Crippen LogP contribution is 2.33. The molecule has 0 radical (unpaired) electrons. The van der Waals surface area contributed by atoms with E-state index < -0.39 is 42.0 Å². The quantitative estimate of drug-likeness (QED) is 0.406. The molecule has 1 aromatic heterocycles. The minimum absolute atomic E-state index is 0.190. The molecule has 126 valence electrons. The van der Waals surface area contributed by atoms with Crippen molar-refractivity contribution >= 4 is 11.8 Å². The van der Waals surface area contributed by atoms with Crippen LogP contribution in [0.15, 0.2) is 6.20 Å². The average Bonchev–Trinajstić information content (AvgIpc) is 2.95. The summed E-state index contributed by atoms with van der Waals surface area (Å²) in [6.07, 6.45) is -2.59. The summed E-state index contributed by atoms with van der Waals surface area (Å²) in [6, 6.07) is -0.778. The Kier molecular flexibility index (Phi) is 5.77. The number of thioether (sulfide) groups is 1. The third kappa shape index (κ3) is 3.27. The monoisotopic (exact) mass is 334 g/mol. The first-order valence-electron chi connectivity index (χ1n) is 6.92. The summed E-state index contributed by atoms with van der Waals surface area (Å²) in [5, 5.41) is 47.9. The zero-order valence-electron chi connectivity index (χ0n) is 12.4. The van der Waals surface area contributed by atoms with E-state index in [4.69, 9.17) is 10.5 Å². The van der Waals surface area contributed by atoms with Crippen molar-refractivity contribution in [3.63, 3.8) is 0 Å². The summed E-state index contributed by atoms with van der Waals surface area (Å²) < 4.78 is 7.04. The second-order valence-electron chi connectivity index (χ2n) is 5.30. The fourth-order valence-electron chi connectivity index (χ4n) is 2.55. The SMILES string of the molecule is CS[C@H]1O[C@H]([C@@H]([C@@H](C)O)n2cc(CN)nn2)[C@H](O)[C@H](O)[C@H]1O. The lowest BCUT2D eigenvalue weighted by Crippen LogP contribution is -2.59. The molecule has 0 saturated carbocycles. The molecular formula is C12H22N4O5S. The van der Waals surface area contributed by atoms with Crippen molar-refractivity contribution in [3.05, 3.63) is 11.9 Å². The fraction of sp³-hybridized carbons (Fsp3) is 0.833. The van der Waals surface area contributed by atoms with Crippen molar-refractivity contribution in [2.45, 2.75) is 55.5 Å². The number of rotatable bonds is 5. The molecule has 2 heterocycles. The van der Waals surface area contributed by atoms with Crippen LogP contribution < -0.4 is 5.73 Å². The van der Waals surface area contributed by atoms with Crippen LogP contribution in [0.5, 0.6) is 0 Å². The van der Waals surface area contributed by atoms with E-state index in [0.29, 0.717) is 5.69 Å². The number of nitrogens with two attached hydrogens (primary N) is 1. The molecule has 1 saturated heterocycles. The van der Waals surface area contributed by atoms with Gasteiger partial charge in [-0.25, -0.2) is 4.68 Å². The first-order chi connectivity index (χ1) is 10.4. The van der Waals surface area contributed by atoms with Crippen molar-refractivity contribution in [2.24, 2.45) is 5.73 Å². The molecule has 0 bridgehead atoms. The molecule has 0 unspecified atom stereocenters. The second kappa shape index (κ2) is 7.21. The van der Waals surface area contributed by atoms with Crippen LogP contribution in [0.3, 0.4) is 0 Å². The predicted octanol–water partition coefficient (Wildman–Crippen LogP) is -2.17. The van der Waals surface area contributed by atoms with Crippen LogP contribution in [-0.2, 0) is 11.3 Å². The third-order valence-electron chi connectivity index (χ3n) is 3.74. The average molecular weight is 334 g/mol. The number of aliphatic hydroxyl groups excluding tert-OH is 4. The van der Waals surface area contributed by atoms with Crippen LogP contribution in [0.2, 0.25) is 0 Å². The van der Waals surface area contributed by atoms with Crippen molar-refractivity contribution in [2.75, 3.05) is 6.26 Å². The minimum atomic E-state index is -1.38. The van der Waals surface area contributed by atoms with Gasteiger partial charge in [0.1, 0.15) is 35.9 Å². The second-order valence-corrected chi connectivity index (χ2v) is 6.24. The Morgan fingerprint density at radius 2 is 2.05 bits per heavy atom. The van der Waals surface area contributed by atoms with Gasteiger partial charge in [-0.15, -0.1) is 16.9 Å². The minimum Gasteiger partial charge on any atom is -0.391 e. The molecule has 2 rings (SSSR count). The molecule has 9 nitrogen and oxygen atoms in total. The normalized spacial score (nSPS) is 35.3. The van der Waals surface area contributed by atoms with Gasteiger partial charge >= 0.3 is 0 Å². The molecule has 0 aliphatic carbocycles. The highest BCUT2D eigenvalue weighted by atomic mass is 32.2. The van der Waals surface area contributed by atoms with Crippen molar-refractivity contribution in [1.82, 2.24) is 15.0 Å². The van der Waals surface area contributed by atoms with Crippen molar-refractivity contribution < 1.29 is 25.2 Å². The number of aliphatic hydroxyl groups is 4. The van der Waals surface area contributed by atoms with Gasteiger partial charge in [-0.1, -0.05) is 5.21 Å². The van der Waals surface area contributed by atoms with E-state index in [0.717, 1.165) is 0 Å². The fourth-order valence-corrected chi connectivity index (χ4v) is 3.23. The molecule has 1 fully saturated rings. The van der Waals surface area contributed by atoms with E-state index >= 15 is 0 Å². The van der Waals surface area contributed by atoms with Gasteiger partial charge < -0.3 is 30.9 Å². The van der Waals surface area contributed by atoms with E-state index in [9.17, 15) is 20.4 Å². The largest absolute Gasteiger partial charge is 0.391 e. The Morgan fingerprint density at radius 1 is 1.36 bits per heavy atom. The van der Waals surface area contributed by atoms with Gasteiger partial charge in [0.2, 0.25) is 0 Å². The van der Waals surface area contributed by atoms with Crippen LogP contribution in [0, 0.1) is 0 Å². The van der Waals surface area contributed by atoms with Crippen LogP contribution in [0.4, 0.5) is 0 Å². The van der Waals surface area contributed by atoms with E-state index in [2.05, 4.69) is 10.3 Å². The number of hydrogen-bond acceptors (Lipinski definition) is 9. The van der Waals surface area contributed by atoms with Crippen molar-refractivity contribution in [1.29, 1.82) is 0 Å². The van der Waals surface area contributed by atoms with Crippen LogP contribution in [0.25, 0.3) is 0 Å². The van der Waals surface area contributed by atoms with Gasteiger partial charge in [-0.2, -0.15) is 0 Å². The first kappa shape index (κ1) is 17.6. The van der Waals surface area contributed by atoms with Gasteiger partial charge in [-0.3, -0.25) is 0 Å². The Bertz CT molecular complexity index is 486. The molecule has 0 aromatic carbocycles. The van der Waals surface area contributed by atoms with E-state index in [1.165, 1.54) is 23.4 Å². The lowest BCUT2D eigenvalue weighted by Gasteiger charge is -2.43. The zero-order valence-corrected chi connectivity index (χ0v) is 13.2. The van der Waals surface area contributed by atoms with Crippen LogP contribution in [0.1, 0.15) is 18.7 Å². The molecule has 22 heavy (non-hydrogen) atoms. The molecule has 1 aliphatic rings. The maximum absolute atomic E-state index is 10.2. The molecule has 1 aromatic rings. The maximum Gasteiger partial charge on any atom is 0.132 e. The molecule has 1 aliphatic heterocycles. The van der Waals surface area contributed by atoms with Gasteiger partial charge in [-0.05, 0) is 13.2 Å². The molecule has 0 amide bonds. The summed E-state index contributed by atoms with van der Waals surface area (Å²) in [5.74, 6) is 0. The standard InChI is InChI=1S/C12H22N4O5S/c1-5(17)7(16-4-6(3-13)14-15-16)11-9(19)8(18)10(20)12(21-11)22-2/h4-5,7-12,17-20H,3,13H2,1-2H3/t5-,7-,8+,9-,10-,11-,12-/m1/s1. The highest BCUT2D eigenvalue weighted by Gasteiger charge is 2.48. The molecular weight excluding hydrogens is 312 g/mol. The van der Waals surface area contributed by atoms with Gasteiger partial charge in [0.25, 0.3) is 0 Å². The smallest absolute Gasteiger partial charge is 0.132 e. The predicted molar refractivity (Wildman–Crippen MR) is 78.8 cm³/mol. The van der Waals surface area contributed by atoms with Crippen LogP contribution >= 0.6 is 11.8 Å². The summed E-state index contributed by atoms with van der Waals surface area (Å²) in [5.41, 5.74) is 5.30. The lowest BCUT2D eigenvalue weighted by atomic mass is 9.92. The first-order valence-corrected chi connectivity index (χ1v) is 8.20. The number of nitrogens with zero attached hydrogens (tertiary/aromatic N) is 3. The molecule has 10 heteroatoms. The maximum atomic E-state index is 10.2. The van der Waals surface area contributed by atoms with E-state index in [1.54, 1.807) is 12.5 Å². The highest BCUT2D eigenvalue weighted by molar-refractivity contribution is 7.99. The van der Waals surface area contributed by atoms with Crippen molar-refractivity contribution in [3.8, 4) is 0 Å². The topological polar surface area (TPSA) is 147 Å². The number of ether oxygens (including phenoxy) is 1. The Balaban J connectivity index is 2.30. The lowest BCUT2D eigenvalue weighted by molar-refractivity contribution is -0.216. The zero-order chi connectivity index (χ0) is 16.4. The molecule has 6 N–H and O–H groups in total. The van der Waals surface area contributed by atoms with Gasteiger partial charge in [0, 0.05) is 6.54 Å². The van der Waals surface area contributed by atoms with Gasteiger partial charge in [0.15, 0.2) is 0 Å². The Labute approximate surface area is 132 Å².